The van der Waals surface area contributed by atoms with Gasteiger partial charge in [-0.1, -0.05) is 31.4 Å². The van der Waals surface area contributed by atoms with E-state index in [1.807, 2.05) is 0 Å². The second kappa shape index (κ2) is 8.52. The first kappa shape index (κ1) is 22.9. The van der Waals surface area contributed by atoms with Crippen LogP contribution in [0.15, 0.2) is 24.3 Å². The summed E-state index contributed by atoms with van der Waals surface area (Å²) in [6.07, 6.45) is -9.21. The van der Waals surface area contributed by atoms with Gasteiger partial charge in [0.15, 0.2) is 0 Å². The first-order valence-corrected chi connectivity index (χ1v) is 8.02. The maximum Gasteiger partial charge on any atom is 0.433 e. The molecule has 0 saturated carbocycles. The zero-order valence-corrected chi connectivity index (χ0v) is 18.7. The van der Waals surface area contributed by atoms with Crippen molar-refractivity contribution in [2.45, 2.75) is 43.8 Å². The van der Waals surface area contributed by atoms with Crippen molar-refractivity contribution in [1.82, 2.24) is 4.98 Å². The Morgan fingerprint density at radius 2 is 1.78 bits per heavy atom. The molecule has 0 spiro atoms. The monoisotopic (exact) mass is 604 g/mol. The fourth-order valence-electron chi connectivity index (χ4n) is 3.17. The van der Waals surface area contributed by atoms with Crippen LogP contribution in [0.25, 0.3) is 16.2 Å². The van der Waals surface area contributed by atoms with Crippen LogP contribution in [0.3, 0.4) is 0 Å². The fourth-order valence-corrected chi connectivity index (χ4v) is 3.17. The van der Waals surface area contributed by atoms with Crippen LogP contribution in [-0.4, -0.2) is 22.7 Å². The summed E-state index contributed by atoms with van der Waals surface area (Å²) in [4.78, 5) is 3.21. The number of aliphatic hydroxyl groups excluding tert-OH is 1. The first-order valence-electron chi connectivity index (χ1n) is 8.02. The first-order chi connectivity index (χ1) is 12.1. The van der Waals surface area contributed by atoms with E-state index in [0.29, 0.717) is 25.1 Å². The van der Waals surface area contributed by atoms with E-state index in [1.54, 1.807) is 0 Å². The van der Waals surface area contributed by atoms with Gasteiger partial charge in [-0.05, 0) is 17.7 Å². The molecule has 1 N–H and O–H groups in total. The van der Waals surface area contributed by atoms with Gasteiger partial charge < -0.3 is 10.4 Å². The summed E-state index contributed by atoms with van der Waals surface area (Å²) in [6, 6.07) is 2.98. The Labute approximate surface area is 187 Å². The van der Waals surface area contributed by atoms with Crippen molar-refractivity contribution in [3.63, 3.8) is 0 Å². The van der Waals surface area contributed by atoms with Crippen LogP contribution >= 0.6 is 0 Å². The van der Waals surface area contributed by atoms with Crippen LogP contribution in [0.1, 0.15) is 42.2 Å². The van der Waals surface area contributed by atoms with Crippen molar-refractivity contribution in [3.8, 4) is 0 Å². The molecule has 145 valence electrons. The SMILES string of the molecule is O[C@H](c1cc(C(F)(F)F)nc2c(C(F)(F)F)cccc12)[C@@H]1CCCC[N-]1.[Ac]. The Morgan fingerprint density at radius 3 is 2.33 bits per heavy atom. The van der Waals surface area contributed by atoms with Gasteiger partial charge in [0.05, 0.1) is 17.2 Å². The van der Waals surface area contributed by atoms with Crippen LogP contribution in [-0.2, 0) is 12.4 Å². The van der Waals surface area contributed by atoms with Gasteiger partial charge >= 0.3 is 12.4 Å². The number of fused-ring (bicyclic) bond motifs is 1. The Morgan fingerprint density at radius 1 is 1.07 bits per heavy atom. The fraction of sp³-hybridized carbons (Fsp3) is 0.471. The van der Waals surface area contributed by atoms with Crippen molar-refractivity contribution in [2.24, 2.45) is 0 Å². The summed E-state index contributed by atoms with van der Waals surface area (Å²) in [5.74, 6) is 0. The molecule has 0 amide bonds. The Bertz CT molecular complexity index is 802. The van der Waals surface area contributed by atoms with Gasteiger partial charge in [0.2, 0.25) is 0 Å². The summed E-state index contributed by atoms with van der Waals surface area (Å²) in [7, 11) is 0. The maximum absolute atomic E-state index is 13.2. The van der Waals surface area contributed by atoms with E-state index in [-0.39, 0.29) is 55.0 Å². The predicted molar refractivity (Wildman–Crippen MR) is 82.6 cm³/mol. The summed E-state index contributed by atoms with van der Waals surface area (Å²) in [5, 5.41) is 14.6. The van der Waals surface area contributed by atoms with Gasteiger partial charge in [-0.3, -0.25) is 0 Å². The summed E-state index contributed by atoms with van der Waals surface area (Å²) in [5.41, 5.74) is -3.79. The molecule has 0 bridgehead atoms. The number of aliphatic hydroxyl groups is 1. The number of piperidine rings is 1. The summed E-state index contributed by atoms with van der Waals surface area (Å²) in [6.45, 7) is 0.463. The molecule has 2 aromatic rings. The molecule has 3 rings (SSSR count). The largest absolute Gasteiger partial charge is 0.657 e. The molecule has 1 aromatic heterocycles. The third-order valence-electron chi connectivity index (χ3n) is 4.42. The second-order valence-electron chi connectivity index (χ2n) is 6.21. The van der Waals surface area contributed by atoms with Gasteiger partial charge in [-0.25, -0.2) is 4.98 Å². The number of aromatic nitrogens is 1. The van der Waals surface area contributed by atoms with Crippen molar-refractivity contribution >= 4 is 10.9 Å². The van der Waals surface area contributed by atoms with E-state index >= 15 is 0 Å². The third-order valence-corrected chi connectivity index (χ3v) is 4.42. The quantitative estimate of drug-likeness (QED) is 0.478. The molecule has 1 aliphatic heterocycles. The molecule has 1 fully saturated rings. The molecule has 2 heterocycles. The summed E-state index contributed by atoms with van der Waals surface area (Å²) >= 11 is 0. The predicted octanol–water partition coefficient (Wildman–Crippen LogP) is 5.23. The molecular weight excluding hydrogens is 589 g/mol. The topological polar surface area (TPSA) is 47.2 Å². The summed E-state index contributed by atoms with van der Waals surface area (Å²) < 4.78 is 79.2. The number of halogens is 6. The number of rotatable bonds is 2. The molecule has 1 radical (unpaired) electrons. The molecule has 10 heteroatoms. The van der Waals surface area contributed by atoms with E-state index in [2.05, 4.69) is 10.3 Å². The number of hydrogen-bond acceptors (Lipinski definition) is 2. The van der Waals surface area contributed by atoms with Crippen LogP contribution < -0.4 is 0 Å². The van der Waals surface area contributed by atoms with E-state index < -0.39 is 41.3 Å². The molecule has 1 saturated heterocycles. The van der Waals surface area contributed by atoms with Gasteiger partial charge in [0.25, 0.3) is 0 Å². The van der Waals surface area contributed by atoms with Crippen molar-refractivity contribution in [3.05, 3.63) is 46.4 Å². The molecule has 27 heavy (non-hydrogen) atoms. The van der Waals surface area contributed by atoms with Gasteiger partial charge in [0.1, 0.15) is 5.69 Å². The zero-order chi connectivity index (χ0) is 19.1. The zero-order valence-electron chi connectivity index (χ0n) is 14.0. The molecule has 0 unspecified atom stereocenters. The van der Waals surface area contributed by atoms with Gasteiger partial charge in [-0.2, -0.15) is 26.3 Å². The molecular formula is C17H15AcF6N2O-. The number of para-hydroxylation sites is 1. The van der Waals surface area contributed by atoms with E-state index in [1.165, 1.54) is 6.07 Å². The van der Waals surface area contributed by atoms with Crippen LogP contribution in [0, 0.1) is 44.1 Å². The molecule has 2 atom stereocenters. The number of nitrogens with zero attached hydrogens (tertiary/aromatic N) is 2. The van der Waals surface area contributed by atoms with Crippen molar-refractivity contribution in [2.75, 3.05) is 6.54 Å². The number of hydrogen-bond donors (Lipinski definition) is 1. The smallest absolute Gasteiger partial charge is 0.433 e. The molecule has 3 nitrogen and oxygen atoms in total. The minimum atomic E-state index is -4.94. The molecule has 1 aromatic carbocycles. The standard InChI is InChI=1S/C17H15F6N2O.Ac/c18-16(19,20)11-5-3-4-9-10(15(26)12-6-1-2-7-24-12)8-13(17(21,22)23)25-14(9)11;/h3-5,8,12,15,26H,1-2,6-7H2;/q-1;/t12-,15+;/m0./s1. The van der Waals surface area contributed by atoms with E-state index in [0.717, 1.165) is 18.9 Å². The number of pyridine rings is 1. The Kier molecular flexibility index (Phi) is 7.21. The maximum atomic E-state index is 13.2. The Hall–Kier alpha value is -0.428. The van der Waals surface area contributed by atoms with Crippen LogP contribution in [0.4, 0.5) is 26.3 Å². The molecule has 0 aliphatic carbocycles. The number of alkyl halides is 6. The Balaban J connectivity index is 0.00000261. The van der Waals surface area contributed by atoms with E-state index in [4.69, 9.17) is 0 Å². The second-order valence-corrected chi connectivity index (χ2v) is 6.21. The average molecular weight is 604 g/mol. The molecule has 1 aliphatic rings. The van der Waals surface area contributed by atoms with E-state index in [9.17, 15) is 31.4 Å². The van der Waals surface area contributed by atoms with Crippen molar-refractivity contribution in [1.29, 1.82) is 0 Å². The third kappa shape index (κ3) is 4.95. The number of benzene rings is 1. The minimum absolute atomic E-state index is 0. The normalized spacial score (nSPS) is 19.6. The van der Waals surface area contributed by atoms with Gasteiger partial charge in [-0.15, -0.1) is 12.6 Å². The van der Waals surface area contributed by atoms with Crippen LogP contribution in [0.2, 0.25) is 0 Å². The average Bonchev–Trinajstić information content (AvgIpc) is 2.58. The van der Waals surface area contributed by atoms with Gasteiger partial charge in [0, 0.05) is 49.4 Å². The van der Waals surface area contributed by atoms with Crippen LogP contribution in [0.5, 0.6) is 0 Å². The van der Waals surface area contributed by atoms with Crippen molar-refractivity contribution < 1.29 is 75.5 Å². The minimum Gasteiger partial charge on any atom is -0.657 e.